The smallest absolute Gasteiger partial charge is 0.128 e. The maximum atomic E-state index is 5.39. The zero-order chi connectivity index (χ0) is 13.7. The largest absolute Gasteiger partial charge is 0.496 e. The molecule has 2 aromatic rings. The molecule has 3 nitrogen and oxygen atoms in total. The Morgan fingerprint density at radius 1 is 1.21 bits per heavy atom. The summed E-state index contributed by atoms with van der Waals surface area (Å²) in [5, 5.41) is 4.65. The highest BCUT2D eigenvalue weighted by atomic mass is 16.5. The van der Waals surface area contributed by atoms with Crippen LogP contribution in [-0.4, -0.2) is 24.3 Å². The number of hydrogen-bond donors (Lipinski definition) is 1. The van der Waals surface area contributed by atoms with Crippen molar-refractivity contribution >= 4 is 10.9 Å². The van der Waals surface area contributed by atoms with E-state index in [1.807, 2.05) is 6.07 Å². The van der Waals surface area contributed by atoms with Crippen molar-refractivity contribution in [1.29, 1.82) is 0 Å². The lowest BCUT2D eigenvalue weighted by Crippen LogP contribution is -2.23. The third kappa shape index (κ3) is 3.51. The fraction of sp³-hybridized carbons (Fsp3) is 0.500. The SMILES string of the molecule is COc1cccc2c1ccn2CCCCNC(C)C. The van der Waals surface area contributed by atoms with Gasteiger partial charge in [-0.3, -0.25) is 0 Å². The fourth-order valence-corrected chi connectivity index (χ4v) is 2.37. The molecule has 0 spiro atoms. The van der Waals surface area contributed by atoms with Crippen LogP contribution in [0.25, 0.3) is 10.9 Å². The summed E-state index contributed by atoms with van der Waals surface area (Å²) in [6, 6.07) is 8.94. The highest BCUT2D eigenvalue weighted by Crippen LogP contribution is 2.26. The molecule has 1 heterocycles. The monoisotopic (exact) mass is 260 g/mol. The summed E-state index contributed by atoms with van der Waals surface area (Å²) in [4.78, 5) is 0. The van der Waals surface area contributed by atoms with E-state index < -0.39 is 0 Å². The molecule has 0 aliphatic carbocycles. The van der Waals surface area contributed by atoms with Crippen LogP contribution in [0.15, 0.2) is 30.5 Å². The van der Waals surface area contributed by atoms with Gasteiger partial charge in [0.2, 0.25) is 0 Å². The average molecular weight is 260 g/mol. The molecular formula is C16H24N2O. The molecule has 104 valence electrons. The van der Waals surface area contributed by atoms with Gasteiger partial charge in [0.05, 0.1) is 12.6 Å². The first-order valence-electron chi connectivity index (χ1n) is 7.07. The minimum atomic E-state index is 0.580. The summed E-state index contributed by atoms with van der Waals surface area (Å²) in [5.74, 6) is 0.956. The van der Waals surface area contributed by atoms with Gasteiger partial charge in [-0.2, -0.15) is 0 Å². The fourth-order valence-electron chi connectivity index (χ4n) is 2.37. The summed E-state index contributed by atoms with van der Waals surface area (Å²) < 4.78 is 7.70. The first-order chi connectivity index (χ1) is 9.22. The van der Waals surface area contributed by atoms with Crippen molar-refractivity contribution in [2.75, 3.05) is 13.7 Å². The third-order valence-corrected chi connectivity index (χ3v) is 3.37. The molecule has 0 saturated heterocycles. The summed E-state index contributed by atoms with van der Waals surface area (Å²) in [5.41, 5.74) is 1.26. The summed E-state index contributed by atoms with van der Waals surface area (Å²) in [6.07, 6.45) is 4.56. The number of rotatable bonds is 7. The zero-order valence-electron chi connectivity index (χ0n) is 12.1. The molecule has 0 fully saturated rings. The molecule has 0 atom stereocenters. The number of aromatic nitrogens is 1. The Balaban J connectivity index is 1.94. The zero-order valence-corrected chi connectivity index (χ0v) is 12.1. The Morgan fingerprint density at radius 2 is 2.05 bits per heavy atom. The van der Waals surface area contributed by atoms with Crippen LogP contribution in [0.2, 0.25) is 0 Å². The maximum absolute atomic E-state index is 5.39. The molecule has 3 heteroatoms. The Kier molecular flexibility index (Phi) is 4.86. The van der Waals surface area contributed by atoms with Crippen molar-refractivity contribution in [3.63, 3.8) is 0 Å². The van der Waals surface area contributed by atoms with Gasteiger partial charge in [-0.15, -0.1) is 0 Å². The lowest BCUT2D eigenvalue weighted by Gasteiger charge is -2.09. The number of nitrogens with zero attached hydrogens (tertiary/aromatic N) is 1. The van der Waals surface area contributed by atoms with E-state index in [1.165, 1.54) is 23.7 Å². The molecule has 0 aliphatic heterocycles. The van der Waals surface area contributed by atoms with E-state index in [0.29, 0.717) is 6.04 Å². The van der Waals surface area contributed by atoms with E-state index >= 15 is 0 Å². The number of hydrogen-bond acceptors (Lipinski definition) is 2. The first kappa shape index (κ1) is 13.9. The molecule has 0 unspecified atom stereocenters. The van der Waals surface area contributed by atoms with Crippen molar-refractivity contribution in [2.45, 2.75) is 39.3 Å². The number of fused-ring (bicyclic) bond motifs is 1. The van der Waals surface area contributed by atoms with Crippen LogP contribution >= 0.6 is 0 Å². The van der Waals surface area contributed by atoms with Gasteiger partial charge < -0.3 is 14.6 Å². The van der Waals surface area contributed by atoms with E-state index in [4.69, 9.17) is 4.74 Å². The van der Waals surface area contributed by atoms with E-state index in [2.05, 4.69) is 48.1 Å². The topological polar surface area (TPSA) is 26.2 Å². The Hall–Kier alpha value is -1.48. The van der Waals surface area contributed by atoms with Crippen LogP contribution < -0.4 is 10.1 Å². The number of benzene rings is 1. The number of nitrogens with one attached hydrogen (secondary N) is 1. The van der Waals surface area contributed by atoms with Crippen molar-refractivity contribution < 1.29 is 4.74 Å². The lowest BCUT2D eigenvalue weighted by molar-refractivity contribution is 0.420. The second-order valence-corrected chi connectivity index (χ2v) is 5.22. The van der Waals surface area contributed by atoms with Crippen LogP contribution in [-0.2, 0) is 6.54 Å². The molecule has 1 aromatic carbocycles. The second kappa shape index (κ2) is 6.62. The third-order valence-electron chi connectivity index (χ3n) is 3.37. The molecule has 0 saturated carbocycles. The van der Waals surface area contributed by atoms with Crippen molar-refractivity contribution in [2.24, 2.45) is 0 Å². The molecular weight excluding hydrogens is 236 g/mol. The lowest BCUT2D eigenvalue weighted by atomic mass is 10.2. The standard InChI is InChI=1S/C16H24N2O/c1-13(2)17-10-4-5-11-18-12-9-14-15(18)7-6-8-16(14)19-3/h6-9,12-13,17H,4-5,10-11H2,1-3H3. The highest BCUT2D eigenvalue weighted by Gasteiger charge is 2.05. The molecule has 1 N–H and O–H groups in total. The Bertz CT molecular complexity index is 516. The highest BCUT2D eigenvalue weighted by molar-refractivity contribution is 5.86. The van der Waals surface area contributed by atoms with Gasteiger partial charge in [0.1, 0.15) is 5.75 Å². The predicted molar refractivity (Wildman–Crippen MR) is 80.9 cm³/mol. The average Bonchev–Trinajstić information content (AvgIpc) is 2.81. The first-order valence-corrected chi connectivity index (χ1v) is 7.07. The van der Waals surface area contributed by atoms with Gasteiger partial charge in [-0.05, 0) is 37.6 Å². The van der Waals surface area contributed by atoms with Gasteiger partial charge in [-0.25, -0.2) is 0 Å². The van der Waals surface area contributed by atoms with Crippen LogP contribution in [0.4, 0.5) is 0 Å². The van der Waals surface area contributed by atoms with Crippen LogP contribution in [0, 0.1) is 0 Å². The van der Waals surface area contributed by atoms with E-state index in [1.54, 1.807) is 7.11 Å². The van der Waals surface area contributed by atoms with Gasteiger partial charge in [0.25, 0.3) is 0 Å². The summed E-state index contributed by atoms with van der Waals surface area (Å²) in [6.45, 7) is 6.54. The van der Waals surface area contributed by atoms with E-state index in [9.17, 15) is 0 Å². The molecule has 2 rings (SSSR count). The van der Waals surface area contributed by atoms with Crippen LogP contribution in [0.1, 0.15) is 26.7 Å². The Labute approximate surface area is 115 Å². The van der Waals surface area contributed by atoms with Crippen molar-refractivity contribution in [3.8, 4) is 5.75 Å². The van der Waals surface area contributed by atoms with Crippen molar-refractivity contribution in [3.05, 3.63) is 30.5 Å². The van der Waals surface area contributed by atoms with E-state index in [-0.39, 0.29) is 0 Å². The van der Waals surface area contributed by atoms with E-state index in [0.717, 1.165) is 18.8 Å². The predicted octanol–water partition coefficient (Wildman–Crippen LogP) is 3.43. The van der Waals surface area contributed by atoms with Crippen LogP contribution in [0.5, 0.6) is 5.75 Å². The number of ether oxygens (including phenoxy) is 1. The number of aryl methyl sites for hydroxylation is 1. The van der Waals surface area contributed by atoms with Gasteiger partial charge in [0.15, 0.2) is 0 Å². The normalized spacial score (nSPS) is 11.4. The summed E-state index contributed by atoms with van der Waals surface area (Å²) >= 11 is 0. The minimum absolute atomic E-state index is 0.580. The second-order valence-electron chi connectivity index (χ2n) is 5.22. The quantitative estimate of drug-likeness (QED) is 0.772. The maximum Gasteiger partial charge on any atom is 0.128 e. The molecule has 0 aliphatic rings. The minimum Gasteiger partial charge on any atom is -0.496 e. The van der Waals surface area contributed by atoms with Crippen LogP contribution in [0.3, 0.4) is 0 Å². The molecule has 19 heavy (non-hydrogen) atoms. The molecule has 0 amide bonds. The Morgan fingerprint density at radius 3 is 2.79 bits per heavy atom. The van der Waals surface area contributed by atoms with Gasteiger partial charge >= 0.3 is 0 Å². The van der Waals surface area contributed by atoms with Crippen molar-refractivity contribution in [1.82, 2.24) is 9.88 Å². The summed E-state index contributed by atoms with van der Waals surface area (Å²) in [7, 11) is 1.73. The van der Waals surface area contributed by atoms with Gasteiger partial charge in [0, 0.05) is 24.2 Å². The van der Waals surface area contributed by atoms with Gasteiger partial charge in [-0.1, -0.05) is 19.9 Å². The number of methoxy groups -OCH3 is 1. The number of unbranched alkanes of at least 4 members (excludes halogenated alkanes) is 1. The molecule has 0 radical (unpaired) electrons. The molecule has 1 aromatic heterocycles. The molecule has 0 bridgehead atoms.